The van der Waals surface area contributed by atoms with Crippen LogP contribution in [0.4, 0.5) is 5.82 Å². The Kier molecular flexibility index (Phi) is 4.28. The summed E-state index contributed by atoms with van der Waals surface area (Å²) in [4.78, 5) is 19.7. The van der Waals surface area contributed by atoms with Gasteiger partial charge in [-0.05, 0) is 32.0 Å². The molecule has 1 atom stereocenters. The van der Waals surface area contributed by atoms with Gasteiger partial charge in [0.1, 0.15) is 11.5 Å². The van der Waals surface area contributed by atoms with Crippen LogP contribution in [0.2, 0.25) is 0 Å². The molecule has 4 aromatic heterocycles. The van der Waals surface area contributed by atoms with Crippen LogP contribution in [0.3, 0.4) is 0 Å². The minimum Gasteiger partial charge on any atom is -0.377 e. The van der Waals surface area contributed by atoms with Crippen LogP contribution in [0, 0.1) is 6.92 Å². The molecule has 4 aromatic rings. The number of H-pyrrole nitrogens is 1. The van der Waals surface area contributed by atoms with E-state index in [1.54, 1.807) is 6.20 Å². The minimum atomic E-state index is 0.248. The van der Waals surface area contributed by atoms with E-state index >= 15 is 0 Å². The molecular formula is C21H23N7O. The van der Waals surface area contributed by atoms with Gasteiger partial charge in [-0.2, -0.15) is 5.10 Å². The summed E-state index contributed by atoms with van der Waals surface area (Å²) < 4.78 is 7.49. The molecule has 0 bridgehead atoms. The van der Waals surface area contributed by atoms with E-state index in [9.17, 15) is 0 Å². The van der Waals surface area contributed by atoms with Gasteiger partial charge in [-0.25, -0.2) is 15.0 Å². The molecule has 1 aliphatic rings. The first kappa shape index (κ1) is 17.8. The van der Waals surface area contributed by atoms with Crippen LogP contribution in [0.25, 0.3) is 33.8 Å². The molecule has 0 saturated carbocycles. The standard InChI is InChI=1S/C21H23N7O/c1-13-10-18(27(3)26-13)17-11-19(28-8-9-29-12-14(28)2)25-21(24-17)16-5-7-23-20-15(16)4-6-22-20/h4-7,10-11,14H,8-9,12H2,1-3H3,(H,22,23)/t14-/m1/s1. The SMILES string of the molecule is Cc1cc(-c2cc(N3CCOC[C@H]3C)nc(-c3ccnc4[nH]ccc34)n2)n(C)n1. The van der Waals surface area contributed by atoms with Gasteiger partial charge in [-0.1, -0.05) is 0 Å². The van der Waals surface area contributed by atoms with Gasteiger partial charge in [0, 0.05) is 43.0 Å². The van der Waals surface area contributed by atoms with Crippen molar-refractivity contribution in [2.75, 3.05) is 24.7 Å². The molecule has 0 spiro atoms. The Morgan fingerprint density at radius 3 is 2.90 bits per heavy atom. The second kappa shape index (κ2) is 6.97. The molecule has 8 nitrogen and oxygen atoms in total. The Hall–Kier alpha value is -3.26. The molecule has 0 amide bonds. The lowest BCUT2D eigenvalue weighted by Crippen LogP contribution is -2.44. The molecule has 5 rings (SSSR count). The van der Waals surface area contributed by atoms with E-state index in [1.807, 2.05) is 37.0 Å². The molecule has 0 radical (unpaired) electrons. The van der Waals surface area contributed by atoms with Crippen LogP contribution in [0.5, 0.6) is 0 Å². The third-order valence-electron chi connectivity index (χ3n) is 5.34. The lowest BCUT2D eigenvalue weighted by atomic mass is 10.1. The zero-order valence-electron chi connectivity index (χ0n) is 16.8. The van der Waals surface area contributed by atoms with Crippen LogP contribution in [0.15, 0.2) is 36.7 Å². The molecule has 8 heteroatoms. The predicted octanol–water partition coefficient (Wildman–Crippen LogP) is 2.95. The van der Waals surface area contributed by atoms with Gasteiger partial charge < -0.3 is 14.6 Å². The molecule has 1 fully saturated rings. The number of aromatic nitrogens is 6. The van der Waals surface area contributed by atoms with E-state index in [0.717, 1.165) is 46.0 Å². The first-order valence-electron chi connectivity index (χ1n) is 9.77. The Morgan fingerprint density at radius 2 is 2.10 bits per heavy atom. The molecule has 1 saturated heterocycles. The maximum absolute atomic E-state index is 5.62. The number of morpholine rings is 1. The monoisotopic (exact) mass is 389 g/mol. The highest BCUT2D eigenvalue weighted by atomic mass is 16.5. The third-order valence-corrected chi connectivity index (χ3v) is 5.34. The van der Waals surface area contributed by atoms with Crippen molar-refractivity contribution >= 4 is 16.9 Å². The maximum atomic E-state index is 5.62. The van der Waals surface area contributed by atoms with Crippen LogP contribution in [-0.4, -0.2) is 55.5 Å². The van der Waals surface area contributed by atoms with Crippen molar-refractivity contribution in [3.63, 3.8) is 0 Å². The lowest BCUT2D eigenvalue weighted by molar-refractivity contribution is 0.0985. The number of rotatable bonds is 3. The second-order valence-electron chi connectivity index (χ2n) is 7.45. The smallest absolute Gasteiger partial charge is 0.163 e. The van der Waals surface area contributed by atoms with Crippen molar-refractivity contribution in [3.05, 3.63) is 42.4 Å². The first-order chi connectivity index (χ1) is 14.1. The normalized spacial score (nSPS) is 17.2. The quantitative estimate of drug-likeness (QED) is 0.580. The molecule has 1 aliphatic heterocycles. The number of hydrogen-bond donors (Lipinski definition) is 1. The number of fused-ring (bicyclic) bond motifs is 1. The van der Waals surface area contributed by atoms with Crippen molar-refractivity contribution in [2.24, 2.45) is 7.05 Å². The fraction of sp³-hybridized carbons (Fsp3) is 0.333. The van der Waals surface area contributed by atoms with Crippen molar-refractivity contribution in [1.29, 1.82) is 0 Å². The average Bonchev–Trinajstić information content (AvgIpc) is 3.33. The van der Waals surface area contributed by atoms with E-state index in [2.05, 4.69) is 39.0 Å². The Labute approximate surface area is 168 Å². The van der Waals surface area contributed by atoms with E-state index in [-0.39, 0.29) is 6.04 Å². The summed E-state index contributed by atoms with van der Waals surface area (Å²) in [5.41, 5.74) is 4.56. The largest absolute Gasteiger partial charge is 0.377 e. The Morgan fingerprint density at radius 1 is 1.21 bits per heavy atom. The highest BCUT2D eigenvalue weighted by Crippen LogP contribution is 2.30. The summed E-state index contributed by atoms with van der Waals surface area (Å²) in [6.07, 6.45) is 3.68. The van der Waals surface area contributed by atoms with Crippen molar-refractivity contribution < 1.29 is 4.74 Å². The van der Waals surface area contributed by atoms with Crippen molar-refractivity contribution in [3.8, 4) is 22.8 Å². The molecule has 148 valence electrons. The molecular weight excluding hydrogens is 366 g/mol. The fourth-order valence-corrected chi connectivity index (χ4v) is 3.91. The number of ether oxygens (including phenoxy) is 1. The summed E-state index contributed by atoms with van der Waals surface area (Å²) in [5, 5.41) is 5.50. The maximum Gasteiger partial charge on any atom is 0.163 e. The van der Waals surface area contributed by atoms with Crippen molar-refractivity contribution in [1.82, 2.24) is 29.7 Å². The second-order valence-corrected chi connectivity index (χ2v) is 7.45. The number of pyridine rings is 1. The number of anilines is 1. The predicted molar refractivity (Wildman–Crippen MR) is 112 cm³/mol. The zero-order chi connectivity index (χ0) is 20.0. The minimum absolute atomic E-state index is 0.248. The van der Waals surface area contributed by atoms with E-state index in [4.69, 9.17) is 14.7 Å². The van der Waals surface area contributed by atoms with E-state index in [1.165, 1.54) is 0 Å². The van der Waals surface area contributed by atoms with Gasteiger partial charge in [0.15, 0.2) is 5.82 Å². The lowest BCUT2D eigenvalue weighted by Gasteiger charge is -2.34. The molecule has 5 heterocycles. The Balaban J connectivity index is 1.72. The van der Waals surface area contributed by atoms with Crippen LogP contribution in [0.1, 0.15) is 12.6 Å². The highest BCUT2D eigenvalue weighted by molar-refractivity contribution is 5.91. The molecule has 0 aliphatic carbocycles. The van der Waals surface area contributed by atoms with Gasteiger partial charge in [0.2, 0.25) is 0 Å². The summed E-state index contributed by atoms with van der Waals surface area (Å²) in [7, 11) is 1.94. The topological polar surface area (TPSA) is 84.8 Å². The van der Waals surface area contributed by atoms with E-state index in [0.29, 0.717) is 19.0 Å². The molecule has 0 unspecified atom stereocenters. The van der Waals surface area contributed by atoms with Gasteiger partial charge >= 0.3 is 0 Å². The van der Waals surface area contributed by atoms with E-state index < -0.39 is 0 Å². The van der Waals surface area contributed by atoms with Gasteiger partial charge in [0.25, 0.3) is 0 Å². The molecule has 0 aromatic carbocycles. The van der Waals surface area contributed by atoms with Crippen LogP contribution < -0.4 is 4.90 Å². The number of nitrogens with one attached hydrogen (secondary N) is 1. The van der Waals surface area contributed by atoms with Crippen LogP contribution >= 0.6 is 0 Å². The first-order valence-corrected chi connectivity index (χ1v) is 9.77. The molecule has 1 N–H and O–H groups in total. The summed E-state index contributed by atoms with van der Waals surface area (Å²) in [6, 6.07) is 8.33. The third kappa shape index (κ3) is 3.15. The summed E-state index contributed by atoms with van der Waals surface area (Å²) in [6.45, 7) is 6.34. The van der Waals surface area contributed by atoms with Crippen LogP contribution in [-0.2, 0) is 11.8 Å². The number of aryl methyl sites for hydroxylation is 2. The fourth-order valence-electron chi connectivity index (χ4n) is 3.91. The zero-order valence-corrected chi connectivity index (χ0v) is 16.8. The van der Waals surface area contributed by atoms with Gasteiger partial charge in [-0.3, -0.25) is 4.68 Å². The number of hydrogen-bond acceptors (Lipinski definition) is 6. The van der Waals surface area contributed by atoms with Gasteiger partial charge in [-0.15, -0.1) is 0 Å². The number of aromatic amines is 1. The molecule has 29 heavy (non-hydrogen) atoms. The van der Waals surface area contributed by atoms with Crippen molar-refractivity contribution in [2.45, 2.75) is 19.9 Å². The highest BCUT2D eigenvalue weighted by Gasteiger charge is 2.23. The average molecular weight is 389 g/mol. The van der Waals surface area contributed by atoms with Gasteiger partial charge in [0.05, 0.1) is 36.3 Å². The Bertz CT molecular complexity index is 1180. The summed E-state index contributed by atoms with van der Waals surface area (Å²) >= 11 is 0. The number of nitrogens with zero attached hydrogens (tertiary/aromatic N) is 6. The summed E-state index contributed by atoms with van der Waals surface area (Å²) in [5.74, 6) is 1.59.